The van der Waals surface area contributed by atoms with Crippen LogP contribution in [0.1, 0.15) is 42.5 Å². The highest BCUT2D eigenvalue weighted by Gasteiger charge is 2.41. The van der Waals surface area contributed by atoms with Gasteiger partial charge in [-0.05, 0) is 56.0 Å². The van der Waals surface area contributed by atoms with Gasteiger partial charge >= 0.3 is 0 Å². The molecule has 32 heavy (non-hydrogen) atoms. The molecule has 2 unspecified atom stereocenters. The Hall–Kier alpha value is -3.72. The lowest BCUT2D eigenvalue weighted by Gasteiger charge is -2.36. The van der Waals surface area contributed by atoms with Crippen LogP contribution in [-0.2, 0) is 9.59 Å². The first-order valence-corrected chi connectivity index (χ1v) is 10.5. The number of fused-ring (bicyclic) bond motifs is 2. The number of nitrogens with two attached hydrogens (primary N) is 1. The first kappa shape index (κ1) is 21.5. The van der Waals surface area contributed by atoms with Crippen LogP contribution in [0, 0.1) is 0 Å². The largest absolute Gasteiger partial charge is 0.366 e. The summed E-state index contributed by atoms with van der Waals surface area (Å²) in [7, 11) is 0. The SMILES string of the molecule is N.NC(=O)c1cccc2cn(-c3ccc(NC(=O)C4CCCC5CCC(=O)N54)cc3)nc12. The molecule has 6 N–H and O–H groups in total. The first-order valence-electron chi connectivity index (χ1n) is 10.5. The summed E-state index contributed by atoms with van der Waals surface area (Å²) in [5.41, 5.74) is 7.82. The van der Waals surface area contributed by atoms with E-state index in [-0.39, 0.29) is 24.0 Å². The zero-order valence-corrected chi connectivity index (χ0v) is 17.7. The quantitative estimate of drug-likeness (QED) is 0.578. The molecule has 2 atom stereocenters. The van der Waals surface area contributed by atoms with Gasteiger partial charge in [0, 0.05) is 29.7 Å². The highest BCUT2D eigenvalue weighted by Crippen LogP contribution is 2.32. The van der Waals surface area contributed by atoms with Crippen LogP contribution in [-0.4, -0.2) is 44.5 Å². The summed E-state index contributed by atoms with van der Waals surface area (Å²) in [5, 5.41) is 8.26. The van der Waals surface area contributed by atoms with Crippen LogP contribution in [0.4, 0.5) is 5.69 Å². The van der Waals surface area contributed by atoms with E-state index in [1.165, 1.54) is 0 Å². The van der Waals surface area contributed by atoms with E-state index in [2.05, 4.69) is 10.4 Å². The maximum atomic E-state index is 12.9. The number of carbonyl (C=O) groups excluding carboxylic acids is 3. The fourth-order valence-corrected chi connectivity index (χ4v) is 4.72. The Bertz CT molecular complexity index is 1190. The summed E-state index contributed by atoms with van der Waals surface area (Å²) < 4.78 is 1.68. The van der Waals surface area contributed by atoms with Crippen molar-refractivity contribution in [1.82, 2.24) is 20.8 Å². The van der Waals surface area contributed by atoms with Crippen molar-refractivity contribution >= 4 is 34.3 Å². The molecular formula is C23H26N6O3. The van der Waals surface area contributed by atoms with Crippen molar-refractivity contribution in [3.05, 3.63) is 54.2 Å². The molecule has 9 nitrogen and oxygen atoms in total. The van der Waals surface area contributed by atoms with Crippen LogP contribution in [0.2, 0.25) is 0 Å². The average molecular weight is 435 g/mol. The van der Waals surface area contributed by atoms with Gasteiger partial charge in [-0.25, -0.2) is 4.68 Å². The van der Waals surface area contributed by atoms with Crippen molar-refractivity contribution < 1.29 is 14.4 Å². The van der Waals surface area contributed by atoms with Crippen LogP contribution in [0.15, 0.2) is 48.7 Å². The Balaban J connectivity index is 0.00000245. The average Bonchev–Trinajstić information content (AvgIpc) is 3.37. The van der Waals surface area contributed by atoms with E-state index in [0.717, 1.165) is 30.3 Å². The topological polar surface area (TPSA) is 145 Å². The standard InChI is InChI=1S/C23H23N5O3.H3N/c24-22(30)18-5-1-3-14-13-27(26-21(14)18)16-9-7-15(8-10-16)25-23(31)19-6-2-4-17-11-12-20(29)28(17)19;/h1,3,5,7-10,13,17,19H,2,4,6,11-12H2,(H2,24,30)(H,25,31);1H3. The van der Waals surface area contributed by atoms with Gasteiger partial charge in [-0.15, -0.1) is 0 Å². The van der Waals surface area contributed by atoms with Crippen LogP contribution in [0.3, 0.4) is 0 Å². The van der Waals surface area contributed by atoms with E-state index in [0.29, 0.717) is 29.6 Å². The van der Waals surface area contributed by atoms with Gasteiger partial charge in [-0.3, -0.25) is 14.4 Å². The minimum Gasteiger partial charge on any atom is -0.366 e. The summed E-state index contributed by atoms with van der Waals surface area (Å²) in [6.07, 6.45) is 5.88. The van der Waals surface area contributed by atoms with Crippen LogP contribution in [0.5, 0.6) is 0 Å². The summed E-state index contributed by atoms with van der Waals surface area (Å²) in [6, 6.07) is 12.4. The van der Waals surface area contributed by atoms with Crippen LogP contribution in [0.25, 0.3) is 16.6 Å². The number of anilines is 1. The van der Waals surface area contributed by atoms with Gasteiger partial charge in [0.05, 0.1) is 11.3 Å². The highest BCUT2D eigenvalue weighted by atomic mass is 16.2. The molecule has 2 saturated heterocycles. The van der Waals surface area contributed by atoms with Crippen LogP contribution >= 0.6 is 0 Å². The molecule has 0 saturated carbocycles. The Kier molecular flexibility index (Phi) is 5.67. The molecule has 2 fully saturated rings. The molecule has 166 valence electrons. The third kappa shape index (κ3) is 3.71. The lowest BCUT2D eigenvalue weighted by Crippen LogP contribution is -2.51. The molecule has 5 rings (SSSR count). The maximum Gasteiger partial charge on any atom is 0.250 e. The monoisotopic (exact) mass is 434 g/mol. The van der Waals surface area contributed by atoms with Gasteiger partial charge in [-0.2, -0.15) is 5.10 Å². The number of amides is 3. The molecule has 1 aromatic heterocycles. The molecule has 3 amide bonds. The number of nitrogens with zero attached hydrogens (tertiary/aromatic N) is 3. The van der Waals surface area contributed by atoms with E-state index < -0.39 is 11.9 Å². The molecule has 0 aliphatic carbocycles. The Morgan fingerprint density at radius 2 is 1.84 bits per heavy atom. The molecule has 0 bridgehead atoms. The number of carbonyl (C=O) groups is 3. The number of hydrogen-bond acceptors (Lipinski definition) is 5. The zero-order chi connectivity index (χ0) is 21.5. The number of aromatic nitrogens is 2. The molecule has 0 radical (unpaired) electrons. The second-order valence-electron chi connectivity index (χ2n) is 8.16. The molecule has 2 aliphatic rings. The van der Waals surface area contributed by atoms with E-state index in [4.69, 9.17) is 5.73 Å². The van der Waals surface area contributed by atoms with E-state index in [1.807, 2.05) is 24.4 Å². The van der Waals surface area contributed by atoms with E-state index in [9.17, 15) is 14.4 Å². The van der Waals surface area contributed by atoms with Gasteiger partial charge < -0.3 is 22.1 Å². The fourth-order valence-electron chi connectivity index (χ4n) is 4.72. The van der Waals surface area contributed by atoms with Gasteiger partial charge in [0.2, 0.25) is 11.8 Å². The number of nitrogens with one attached hydrogen (secondary N) is 1. The number of benzene rings is 2. The maximum absolute atomic E-state index is 12.9. The molecule has 2 aliphatic heterocycles. The predicted octanol–water partition coefficient (Wildman–Crippen LogP) is 2.77. The minimum absolute atomic E-state index is 0. The Labute approximate surface area is 185 Å². The minimum atomic E-state index is -0.518. The normalized spacial score (nSPS) is 20.0. The molecular weight excluding hydrogens is 408 g/mol. The van der Waals surface area contributed by atoms with Crippen molar-refractivity contribution in [2.75, 3.05) is 5.32 Å². The van der Waals surface area contributed by atoms with Gasteiger partial charge in [-0.1, -0.05) is 12.1 Å². The molecule has 2 aromatic carbocycles. The third-order valence-electron chi connectivity index (χ3n) is 6.23. The third-order valence-corrected chi connectivity index (χ3v) is 6.23. The Morgan fingerprint density at radius 1 is 1.06 bits per heavy atom. The van der Waals surface area contributed by atoms with Gasteiger partial charge in [0.1, 0.15) is 11.6 Å². The lowest BCUT2D eigenvalue weighted by atomic mass is 9.96. The van der Waals surface area contributed by atoms with Crippen molar-refractivity contribution in [3.63, 3.8) is 0 Å². The Morgan fingerprint density at radius 3 is 2.59 bits per heavy atom. The number of primary amides is 1. The molecule has 3 aromatic rings. The van der Waals surface area contributed by atoms with Crippen molar-refractivity contribution in [3.8, 4) is 5.69 Å². The zero-order valence-electron chi connectivity index (χ0n) is 17.7. The summed E-state index contributed by atoms with van der Waals surface area (Å²) in [5.74, 6) is -0.569. The highest BCUT2D eigenvalue weighted by molar-refractivity contribution is 6.04. The van der Waals surface area contributed by atoms with Crippen molar-refractivity contribution in [2.24, 2.45) is 5.73 Å². The van der Waals surface area contributed by atoms with Gasteiger partial charge in [0.15, 0.2) is 0 Å². The van der Waals surface area contributed by atoms with Crippen LogP contribution < -0.4 is 17.2 Å². The molecule has 9 heteroatoms. The predicted molar refractivity (Wildman–Crippen MR) is 121 cm³/mol. The molecule has 0 spiro atoms. The summed E-state index contributed by atoms with van der Waals surface area (Å²) in [4.78, 5) is 38.5. The number of rotatable bonds is 4. The summed E-state index contributed by atoms with van der Waals surface area (Å²) in [6.45, 7) is 0. The second kappa shape index (κ2) is 8.43. The first-order chi connectivity index (χ1) is 15.0. The second-order valence-corrected chi connectivity index (χ2v) is 8.16. The van der Waals surface area contributed by atoms with E-state index >= 15 is 0 Å². The molecule has 3 heterocycles. The lowest BCUT2D eigenvalue weighted by molar-refractivity contribution is -0.138. The van der Waals surface area contributed by atoms with E-state index in [1.54, 1.807) is 33.8 Å². The summed E-state index contributed by atoms with van der Waals surface area (Å²) >= 11 is 0. The fraction of sp³-hybridized carbons (Fsp3) is 0.304. The van der Waals surface area contributed by atoms with Gasteiger partial charge in [0.25, 0.3) is 5.91 Å². The number of hydrogen-bond donors (Lipinski definition) is 3. The van der Waals surface area contributed by atoms with Crippen molar-refractivity contribution in [2.45, 2.75) is 44.2 Å². The van der Waals surface area contributed by atoms with Crippen molar-refractivity contribution in [1.29, 1.82) is 0 Å². The smallest absolute Gasteiger partial charge is 0.250 e. The number of piperidine rings is 1.